The van der Waals surface area contributed by atoms with Gasteiger partial charge >= 0.3 is 12.2 Å². The summed E-state index contributed by atoms with van der Waals surface area (Å²) in [5, 5.41) is 3.72. The Kier molecular flexibility index (Phi) is 7.19. The molecule has 3 aromatic rings. The van der Waals surface area contributed by atoms with Crippen molar-refractivity contribution >= 4 is 22.4 Å². The molecule has 0 unspecified atom stereocenters. The molecule has 8 rings (SSSR count). The minimum Gasteiger partial charge on any atom is -0.472 e. The van der Waals surface area contributed by atoms with E-state index in [1.54, 1.807) is 0 Å². The minimum atomic E-state index is -5.03. The van der Waals surface area contributed by atoms with Gasteiger partial charge in [0.15, 0.2) is 11.6 Å². The van der Waals surface area contributed by atoms with Crippen LogP contribution in [0, 0.1) is 24.0 Å². The van der Waals surface area contributed by atoms with Crippen molar-refractivity contribution in [3.05, 3.63) is 28.8 Å². The number of pyridine rings is 1. The molecule has 4 aliphatic heterocycles. The van der Waals surface area contributed by atoms with Gasteiger partial charge in [-0.2, -0.15) is 23.1 Å². The highest BCUT2D eigenvalue weighted by molar-refractivity contribution is 5.97. The molecule has 1 aromatic carbocycles. The molecule has 1 aliphatic carbocycles. The number of alkyl halides is 3. The number of aromatic nitrogens is 3. The Balaban J connectivity index is 1.28. The number of ether oxygens (including phenoxy) is 3. The van der Waals surface area contributed by atoms with E-state index in [0.717, 1.165) is 58.3 Å². The van der Waals surface area contributed by atoms with Gasteiger partial charge in [0, 0.05) is 43.7 Å². The van der Waals surface area contributed by atoms with Crippen LogP contribution >= 0.6 is 0 Å². The summed E-state index contributed by atoms with van der Waals surface area (Å²) in [5.74, 6) is -2.50. The average molecular weight is 662 g/mol. The number of rotatable bonds is 6. The SMILES string of the molecule is Cc1cc(N)c(F)c(-c2nc3c4c(nc(OCC5(CN6CCOCC6)CC5)nc4c2F)N2C[C@H]4CC[C@H](N4)[C@H]2[C@H](C)O3)c1C(F)(F)F. The number of hydrogen-bond donors (Lipinski definition) is 2. The van der Waals surface area contributed by atoms with Crippen LogP contribution in [0.15, 0.2) is 6.07 Å². The maximum atomic E-state index is 16.8. The van der Waals surface area contributed by atoms with E-state index < -0.39 is 46.4 Å². The summed E-state index contributed by atoms with van der Waals surface area (Å²) in [5.41, 5.74) is 1.04. The second-order valence-electron chi connectivity index (χ2n) is 13.7. The summed E-state index contributed by atoms with van der Waals surface area (Å²) in [6, 6.07) is 0.727. The van der Waals surface area contributed by atoms with Gasteiger partial charge < -0.3 is 30.2 Å². The number of aryl methyl sites for hydroxylation is 1. The van der Waals surface area contributed by atoms with Crippen LogP contribution in [0.5, 0.6) is 11.9 Å². The average Bonchev–Trinajstić information content (AvgIpc) is 3.72. The Bertz CT molecular complexity index is 1750. The van der Waals surface area contributed by atoms with Crippen LogP contribution in [-0.4, -0.2) is 90.1 Å². The summed E-state index contributed by atoms with van der Waals surface area (Å²) in [6.07, 6.45) is -1.85. The molecule has 47 heavy (non-hydrogen) atoms. The van der Waals surface area contributed by atoms with Crippen LogP contribution < -0.4 is 25.4 Å². The fourth-order valence-corrected chi connectivity index (χ4v) is 7.90. The summed E-state index contributed by atoms with van der Waals surface area (Å²) in [6.45, 7) is 7.61. The molecule has 15 heteroatoms. The number of morpholine rings is 1. The van der Waals surface area contributed by atoms with Crippen molar-refractivity contribution in [1.29, 1.82) is 0 Å². The maximum absolute atomic E-state index is 16.8. The molecular formula is C32H36F5N7O3. The number of benzene rings is 1. The third-order valence-electron chi connectivity index (χ3n) is 10.4. The Morgan fingerprint density at radius 1 is 1.11 bits per heavy atom. The lowest BCUT2D eigenvalue weighted by Gasteiger charge is -2.42. The Morgan fingerprint density at radius 2 is 1.87 bits per heavy atom. The number of nitrogens with two attached hydrogens (primary N) is 1. The second-order valence-corrected chi connectivity index (χ2v) is 13.7. The van der Waals surface area contributed by atoms with E-state index in [0.29, 0.717) is 25.6 Å². The smallest absolute Gasteiger partial charge is 0.417 e. The third-order valence-corrected chi connectivity index (χ3v) is 10.4. The van der Waals surface area contributed by atoms with Crippen LogP contribution in [0.4, 0.5) is 33.5 Å². The lowest BCUT2D eigenvalue weighted by atomic mass is 9.96. The van der Waals surface area contributed by atoms with Crippen molar-refractivity contribution in [3.8, 4) is 23.1 Å². The number of fused-ring (bicyclic) bond motifs is 5. The number of nitrogen functional groups attached to an aromatic ring is 1. The molecule has 2 bridgehead atoms. The lowest BCUT2D eigenvalue weighted by Crippen LogP contribution is -2.62. The van der Waals surface area contributed by atoms with Gasteiger partial charge in [0.1, 0.15) is 28.5 Å². The van der Waals surface area contributed by atoms with Crippen molar-refractivity contribution in [2.45, 2.75) is 69.9 Å². The summed E-state index contributed by atoms with van der Waals surface area (Å²) < 4.78 is 93.7. The standard InChI is InChI=1S/C32H36F5N7O3/c1-15-11-18(38)23(33)20(22(15)32(35,36)37)25-24(34)26-21-28(44-12-17-3-4-19(39-17)27(44)16(2)47-29(21)40-25)42-30(41-26)46-14-31(5-6-31)13-43-7-9-45-10-8-43/h11,16-17,19,27,39H,3-10,12-14,38H2,1-2H3/t16-,17+,19-,27+/m0/s1. The molecule has 0 radical (unpaired) electrons. The van der Waals surface area contributed by atoms with Gasteiger partial charge in [0.25, 0.3) is 0 Å². The highest BCUT2D eigenvalue weighted by atomic mass is 19.4. The Labute approximate surface area is 267 Å². The van der Waals surface area contributed by atoms with E-state index in [2.05, 4.69) is 25.1 Å². The molecule has 10 nitrogen and oxygen atoms in total. The van der Waals surface area contributed by atoms with Gasteiger partial charge in [-0.15, -0.1) is 0 Å². The van der Waals surface area contributed by atoms with Crippen LogP contribution in [-0.2, 0) is 10.9 Å². The second kappa shape index (κ2) is 11.0. The van der Waals surface area contributed by atoms with Crippen LogP contribution in [0.1, 0.15) is 43.7 Å². The zero-order chi connectivity index (χ0) is 32.8. The van der Waals surface area contributed by atoms with Gasteiger partial charge in [0.2, 0.25) is 5.88 Å². The fraction of sp³-hybridized carbons (Fsp3) is 0.594. The summed E-state index contributed by atoms with van der Waals surface area (Å²) >= 11 is 0. The van der Waals surface area contributed by atoms with Crippen molar-refractivity contribution in [2.75, 3.05) is 56.6 Å². The minimum absolute atomic E-state index is 0.0332. The molecule has 6 heterocycles. The monoisotopic (exact) mass is 661 g/mol. The number of halogens is 5. The van der Waals surface area contributed by atoms with Crippen molar-refractivity contribution in [3.63, 3.8) is 0 Å². The Hall–Kier alpha value is -3.56. The lowest BCUT2D eigenvalue weighted by molar-refractivity contribution is -0.137. The van der Waals surface area contributed by atoms with Crippen molar-refractivity contribution in [2.24, 2.45) is 5.41 Å². The molecular weight excluding hydrogens is 625 g/mol. The first-order valence-corrected chi connectivity index (χ1v) is 16.1. The zero-order valence-electron chi connectivity index (χ0n) is 26.1. The summed E-state index contributed by atoms with van der Waals surface area (Å²) in [4.78, 5) is 17.9. The molecule has 0 spiro atoms. The van der Waals surface area contributed by atoms with Crippen molar-refractivity contribution < 1.29 is 36.2 Å². The molecule has 2 aromatic heterocycles. The van der Waals surface area contributed by atoms with Gasteiger partial charge in [0.05, 0.1) is 42.7 Å². The third kappa shape index (κ3) is 5.21. The number of hydrogen-bond acceptors (Lipinski definition) is 10. The normalized spacial score (nSPS) is 26.6. The first-order chi connectivity index (χ1) is 22.4. The topological polar surface area (TPSA) is 111 Å². The summed E-state index contributed by atoms with van der Waals surface area (Å²) in [7, 11) is 0. The van der Waals surface area contributed by atoms with E-state index in [1.165, 1.54) is 0 Å². The molecule has 0 amide bonds. The van der Waals surface area contributed by atoms with Crippen LogP contribution in [0.2, 0.25) is 0 Å². The number of nitrogens with one attached hydrogen (secondary N) is 1. The molecule has 4 fully saturated rings. The number of nitrogens with zero attached hydrogens (tertiary/aromatic N) is 5. The molecule has 3 N–H and O–H groups in total. The van der Waals surface area contributed by atoms with Crippen LogP contribution in [0.25, 0.3) is 22.2 Å². The molecule has 4 atom stereocenters. The van der Waals surface area contributed by atoms with Crippen molar-refractivity contribution in [1.82, 2.24) is 25.2 Å². The van der Waals surface area contributed by atoms with Gasteiger partial charge in [-0.3, -0.25) is 4.90 Å². The zero-order valence-corrected chi connectivity index (χ0v) is 26.1. The van der Waals surface area contributed by atoms with E-state index in [1.807, 2.05) is 6.92 Å². The number of anilines is 2. The van der Waals surface area contributed by atoms with E-state index in [-0.39, 0.29) is 58.5 Å². The molecule has 5 aliphatic rings. The maximum Gasteiger partial charge on any atom is 0.417 e. The molecule has 1 saturated carbocycles. The van der Waals surface area contributed by atoms with Gasteiger partial charge in [-0.1, -0.05) is 0 Å². The quantitative estimate of drug-likeness (QED) is 0.290. The number of piperazine rings is 1. The van der Waals surface area contributed by atoms with Crippen LogP contribution in [0.3, 0.4) is 0 Å². The van der Waals surface area contributed by atoms with E-state index in [4.69, 9.17) is 24.9 Å². The molecule has 3 saturated heterocycles. The first kappa shape index (κ1) is 30.8. The highest BCUT2D eigenvalue weighted by Crippen LogP contribution is 2.49. The molecule has 252 valence electrons. The van der Waals surface area contributed by atoms with E-state index in [9.17, 15) is 13.2 Å². The Morgan fingerprint density at radius 3 is 2.60 bits per heavy atom. The van der Waals surface area contributed by atoms with Gasteiger partial charge in [-0.05, 0) is 51.2 Å². The predicted octanol–water partition coefficient (Wildman–Crippen LogP) is 4.46. The van der Waals surface area contributed by atoms with E-state index >= 15 is 8.78 Å². The largest absolute Gasteiger partial charge is 0.472 e. The fourth-order valence-electron chi connectivity index (χ4n) is 7.90. The van der Waals surface area contributed by atoms with Gasteiger partial charge in [-0.25, -0.2) is 13.8 Å². The first-order valence-electron chi connectivity index (χ1n) is 16.1. The predicted molar refractivity (Wildman–Crippen MR) is 162 cm³/mol. The highest BCUT2D eigenvalue weighted by Gasteiger charge is 2.49.